The molecule has 2 heteroatoms. The molecule has 0 unspecified atom stereocenters. The van der Waals surface area contributed by atoms with Crippen molar-refractivity contribution in [1.82, 2.24) is 0 Å². The van der Waals surface area contributed by atoms with E-state index in [0.29, 0.717) is 13.2 Å². The van der Waals surface area contributed by atoms with Crippen LogP contribution in [-0.2, 0) is 9.47 Å². The van der Waals surface area contributed by atoms with Gasteiger partial charge in [0, 0.05) is 19.6 Å². The Morgan fingerprint density at radius 3 is 1.96 bits per heavy atom. The number of ether oxygens (including phenoxy) is 2. The Balaban J connectivity index is 2.56. The Bertz CT molecular complexity index is 419. The van der Waals surface area contributed by atoms with E-state index in [-0.39, 0.29) is 0 Å². The van der Waals surface area contributed by atoms with E-state index in [0.717, 1.165) is 12.8 Å². The molecule has 0 radical (unpaired) electrons. The molecule has 2 nitrogen and oxygen atoms in total. The maximum atomic E-state index is 6.03. The minimum Gasteiger partial charge on any atom is -0.347 e. The van der Waals surface area contributed by atoms with Crippen LogP contribution in [-0.4, -0.2) is 19.0 Å². The van der Waals surface area contributed by atoms with Gasteiger partial charge in [-0.2, -0.15) is 0 Å². The summed E-state index contributed by atoms with van der Waals surface area (Å²) in [6.07, 6.45) is 14.2. The topological polar surface area (TPSA) is 18.5 Å². The van der Waals surface area contributed by atoms with Gasteiger partial charge in [0.2, 0.25) is 0 Å². The molecular formula is C22H36O2. The van der Waals surface area contributed by atoms with Crippen molar-refractivity contribution in [3.05, 3.63) is 42.0 Å². The summed E-state index contributed by atoms with van der Waals surface area (Å²) in [5, 5.41) is 0. The molecule has 0 spiro atoms. The van der Waals surface area contributed by atoms with Crippen molar-refractivity contribution in [2.75, 3.05) is 13.2 Å². The number of rotatable bonds is 14. The Labute approximate surface area is 149 Å². The summed E-state index contributed by atoms with van der Waals surface area (Å²) in [6.45, 7) is 7.66. The van der Waals surface area contributed by atoms with Crippen LogP contribution in [0.15, 0.2) is 36.4 Å². The quantitative estimate of drug-likeness (QED) is 0.282. The molecule has 0 aromatic heterocycles. The molecular weight excluding hydrogens is 296 g/mol. The standard InChI is InChI=1S/C22H36O2/c1-4-7-8-9-10-11-15-19-22(23-5-2,24-6-3)20-18-21-16-13-12-14-17-21/h12-14,16-18,20H,4-11,15,19H2,1-3H3. The molecule has 0 bridgehead atoms. The molecule has 136 valence electrons. The Morgan fingerprint density at radius 1 is 0.792 bits per heavy atom. The summed E-state index contributed by atoms with van der Waals surface area (Å²) in [5.41, 5.74) is 1.18. The predicted molar refractivity (Wildman–Crippen MR) is 104 cm³/mol. The number of hydrogen-bond donors (Lipinski definition) is 0. The summed E-state index contributed by atoms with van der Waals surface area (Å²) in [6, 6.07) is 10.4. The van der Waals surface area contributed by atoms with E-state index in [2.05, 4.69) is 43.3 Å². The van der Waals surface area contributed by atoms with E-state index in [1.807, 2.05) is 19.9 Å². The molecule has 0 saturated carbocycles. The lowest BCUT2D eigenvalue weighted by Crippen LogP contribution is -2.34. The molecule has 24 heavy (non-hydrogen) atoms. The summed E-state index contributed by atoms with van der Waals surface area (Å²) in [4.78, 5) is 0. The molecule has 1 aromatic rings. The first-order valence-electron chi connectivity index (χ1n) is 9.78. The molecule has 0 amide bonds. The second-order valence-electron chi connectivity index (χ2n) is 6.29. The van der Waals surface area contributed by atoms with Gasteiger partial charge in [0.25, 0.3) is 0 Å². The number of unbranched alkanes of at least 4 members (excludes halogenated alkanes) is 6. The Hall–Kier alpha value is -1.12. The maximum Gasteiger partial charge on any atom is 0.188 e. The molecule has 0 aliphatic carbocycles. The van der Waals surface area contributed by atoms with Crippen LogP contribution in [0.2, 0.25) is 0 Å². The fourth-order valence-electron chi connectivity index (χ4n) is 2.97. The average Bonchev–Trinajstić information content (AvgIpc) is 2.61. The zero-order chi connectivity index (χ0) is 17.5. The smallest absolute Gasteiger partial charge is 0.188 e. The zero-order valence-corrected chi connectivity index (χ0v) is 15.9. The van der Waals surface area contributed by atoms with Crippen molar-refractivity contribution in [1.29, 1.82) is 0 Å². The lowest BCUT2D eigenvalue weighted by atomic mass is 10.0. The molecule has 1 aromatic carbocycles. The third-order valence-electron chi connectivity index (χ3n) is 4.24. The summed E-state index contributed by atoms with van der Waals surface area (Å²) in [7, 11) is 0. The average molecular weight is 333 g/mol. The van der Waals surface area contributed by atoms with E-state index in [1.165, 1.54) is 44.1 Å². The third kappa shape index (κ3) is 8.65. The minimum atomic E-state index is -0.581. The van der Waals surface area contributed by atoms with Crippen LogP contribution in [0.25, 0.3) is 6.08 Å². The van der Waals surface area contributed by atoms with Gasteiger partial charge in [0.1, 0.15) is 0 Å². The van der Waals surface area contributed by atoms with Crippen LogP contribution in [0, 0.1) is 0 Å². The molecule has 0 aliphatic rings. The summed E-state index contributed by atoms with van der Waals surface area (Å²) < 4.78 is 12.1. The monoisotopic (exact) mass is 332 g/mol. The van der Waals surface area contributed by atoms with E-state index < -0.39 is 5.79 Å². The van der Waals surface area contributed by atoms with Crippen molar-refractivity contribution < 1.29 is 9.47 Å². The van der Waals surface area contributed by atoms with Crippen LogP contribution in [0.1, 0.15) is 77.7 Å². The van der Waals surface area contributed by atoms with Crippen LogP contribution >= 0.6 is 0 Å². The van der Waals surface area contributed by atoms with Gasteiger partial charge in [-0.05, 0) is 31.9 Å². The van der Waals surface area contributed by atoms with Gasteiger partial charge >= 0.3 is 0 Å². The molecule has 0 fully saturated rings. The van der Waals surface area contributed by atoms with Crippen LogP contribution in [0.3, 0.4) is 0 Å². The molecule has 0 heterocycles. The Kier molecular flexibility index (Phi) is 11.5. The first-order chi connectivity index (χ1) is 11.8. The Morgan fingerprint density at radius 2 is 1.38 bits per heavy atom. The van der Waals surface area contributed by atoms with Crippen LogP contribution < -0.4 is 0 Å². The fraction of sp³-hybridized carbons (Fsp3) is 0.636. The normalized spacial score (nSPS) is 12.1. The van der Waals surface area contributed by atoms with Crippen LogP contribution in [0.5, 0.6) is 0 Å². The van der Waals surface area contributed by atoms with Gasteiger partial charge in [-0.25, -0.2) is 0 Å². The second-order valence-corrected chi connectivity index (χ2v) is 6.29. The molecule has 0 atom stereocenters. The number of benzene rings is 1. The SMILES string of the molecule is CCCCCCCCCC(C=Cc1ccccc1)(OCC)OCC. The van der Waals surface area contributed by atoms with Crippen molar-refractivity contribution in [3.8, 4) is 0 Å². The first kappa shape index (κ1) is 20.9. The molecule has 0 N–H and O–H groups in total. The molecule has 0 saturated heterocycles. The minimum absolute atomic E-state index is 0.581. The van der Waals surface area contributed by atoms with Gasteiger partial charge in [0.15, 0.2) is 5.79 Å². The van der Waals surface area contributed by atoms with Gasteiger partial charge in [-0.1, -0.05) is 81.9 Å². The van der Waals surface area contributed by atoms with Gasteiger partial charge in [-0.15, -0.1) is 0 Å². The highest BCUT2D eigenvalue weighted by molar-refractivity contribution is 5.49. The number of hydrogen-bond acceptors (Lipinski definition) is 2. The van der Waals surface area contributed by atoms with E-state index in [4.69, 9.17) is 9.47 Å². The first-order valence-corrected chi connectivity index (χ1v) is 9.78. The maximum absolute atomic E-state index is 6.03. The summed E-state index contributed by atoms with van der Waals surface area (Å²) >= 11 is 0. The van der Waals surface area contributed by atoms with Gasteiger partial charge in [-0.3, -0.25) is 0 Å². The lowest BCUT2D eigenvalue weighted by Gasteiger charge is -2.30. The highest BCUT2D eigenvalue weighted by Crippen LogP contribution is 2.25. The molecule has 0 aliphatic heterocycles. The molecule has 1 rings (SSSR count). The highest BCUT2D eigenvalue weighted by Gasteiger charge is 2.27. The van der Waals surface area contributed by atoms with Crippen molar-refractivity contribution in [3.63, 3.8) is 0 Å². The van der Waals surface area contributed by atoms with Crippen molar-refractivity contribution in [2.24, 2.45) is 0 Å². The predicted octanol–water partition coefficient (Wildman–Crippen LogP) is 6.61. The lowest BCUT2D eigenvalue weighted by molar-refractivity contribution is -0.203. The highest BCUT2D eigenvalue weighted by atomic mass is 16.7. The van der Waals surface area contributed by atoms with Crippen molar-refractivity contribution in [2.45, 2.75) is 77.9 Å². The van der Waals surface area contributed by atoms with Gasteiger partial charge in [0.05, 0.1) is 0 Å². The third-order valence-corrected chi connectivity index (χ3v) is 4.24. The van der Waals surface area contributed by atoms with Gasteiger partial charge < -0.3 is 9.47 Å². The largest absolute Gasteiger partial charge is 0.347 e. The zero-order valence-electron chi connectivity index (χ0n) is 15.9. The van der Waals surface area contributed by atoms with E-state index in [1.54, 1.807) is 0 Å². The van der Waals surface area contributed by atoms with E-state index >= 15 is 0 Å². The summed E-state index contributed by atoms with van der Waals surface area (Å²) in [5.74, 6) is -0.581. The second kappa shape index (κ2) is 13.2. The fourth-order valence-corrected chi connectivity index (χ4v) is 2.97. The van der Waals surface area contributed by atoms with E-state index in [9.17, 15) is 0 Å². The van der Waals surface area contributed by atoms with Crippen molar-refractivity contribution >= 4 is 6.08 Å². The van der Waals surface area contributed by atoms with Crippen LogP contribution in [0.4, 0.5) is 0 Å².